The molecule has 25 heavy (non-hydrogen) atoms. The van der Waals surface area contributed by atoms with E-state index in [-0.39, 0.29) is 12.4 Å². The number of ether oxygens (including phenoxy) is 2. The summed E-state index contributed by atoms with van der Waals surface area (Å²) in [6.45, 7) is 4.11. The molecule has 136 valence electrons. The lowest BCUT2D eigenvalue weighted by molar-refractivity contribution is 0.277. The van der Waals surface area contributed by atoms with Crippen LogP contribution < -0.4 is 14.8 Å². The van der Waals surface area contributed by atoms with Crippen molar-refractivity contribution in [2.45, 2.75) is 39.3 Å². The van der Waals surface area contributed by atoms with Gasteiger partial charge in [-0.25, -0.2) is 4.39 Å². The van der Waals surface area contributed by atoms with Crippen LogP contribution in [0.3, 0.4) is 0 Å². The van der Waals surface area contributed by atoms with Crippen LogP contribution in [0.15, 0.2) is 40.9 Å². The number of unbranched alkanes of at least 4 members (excludes halogenated alkanes) is 2. The SMILES string of the molecule is CCCCCNCc1cc(Br)c(OCc2ccccc2F)c(OC)c1. The van der Waals surface area contributed by atoms with E-state index in [1.807, 2.05) is 12.1 Å². The molecule has 2 rings (SSSR count). The molecule has 3 nitrogen and oxygen atoms in total. The van der Waals surface area contributed by atoms with E-state index in [0.29, 0.717) is 17.1 Å². The van der Waals surface area contributed by atoms with Crippen LogP contribution in [0.1, 0.15) is 37.3 Å². The first-order chi connectivity index (χ1) is 12.2. The van der Waals surface area contributed by atoms with Crippen LogP contribution in [-0.2, 0) is 13.2 Å². The predicted octanol–water partition coefficient (Wildman–Crippen LogP) is 5.46. The summed E-state index contributed by atoms with van der Waals surface area (Å²) in [4.78, 5) is 0. The number of hydrogen-bond acceptors (Lipinski definition) is 3. The minimum absolute atomic E-state index is 0.149. The van der Waals surface area contributed by atoms with Crippen LogP contribution in [-0.4, -0.2) is 13.7 Å². The van der Waals surface area contributed by atoms with Crippen molar-refractivity contribution in [2.75, 3.05) is 13.7 Å². The fourth-order valence-electron chi connectivity index (χ4n) is 2.51. The van der Waals surface area contributed by atoms with Gasteiger partial charge in [0, 0.05) is 12.1 Å². The molecule has 2 aromatic carbocycles. The van der Waals surface area contributed by atoms with Gasteiger partial charge in [0.25, 0.3) is 0 Å². The third kappa shape index (κ3) is 6.01. The quantitative estimate of drug-likeness (QED) is 0.528. The van der Waals surface area contributed by atoms with Crippen molar-refractivity contribution in [3.05, 3.63) is 57.8 Å². The number of methoxy groups -OCH3 is 1. The van der Waals surface area contributed by atoms with E-state index in [9.17, 15) is 4.39 Å². The van der Waals surface area contributed by atoms with Crippen LogP contribution in [0.2, 0.25) is 0 Å². The van der Waals surface area contributed by atoms with Gasteiger partial charge >= 0.3 is 0 Å². The summed E-state index contributed by atoms with van der Waals surface area (Å²) in [7, 11) is 1.61. The Labute approximate surface area is 157 Å². The molecule has 1 N–H and O–H groups in total. The first kappa shape index (κ1) is 19.7. The van der Waals surface area contributed by atoms with Gasteiger partial charge in [0.15, 0.2) is 11.5 Å². The average Bonchev–Trinajstić information content (AvgIpc) is 2.61. The van der Waals surface area contributed by atoms with Crippen LogP contribution in [0, 0.1) is 5.82 Å². The van der Waals surface area contributed by atoms with Crippen molar-refractivity contribution in [3.8, 4) is 11.5 Å². The summed E-state index contributed by atoms with van der Waals surface area (Å²) in [6.07, 6.45) is 3.64. The lowest BCUT2D eigenvalue weighted by Crippen LogP contribution is -2.14. The van der Waals surface area contributed by atoms with E-state index in [1.54, 1.807) is 25.3 Å². The number of benzene rings is 2. The molecule has 0 radical (unpaired) electrons. The second-order valence-electron chi connectivity index (χ2n) is 5.87. The highest BCUT2D eigenvalue weighted by Crippen LogP contribution is 2.37. The molecule has 0 aromatic heterocycles. The maximum Gasteiger partial charge on any atom is 0.175 e. The zero-order valence-electron chi connectivity index (χ0n) is 14.8. The Hall–Kier alpha value is -1.59. The van der Waals surface area contributed by atoms with Crippen LogP contribution in [0.25, 0.3) is 0 Å². The van der Waals surface area contributed by atoms with Crippen LogP contribution >= 0.6 is 15.9 Å². The zero-order valence-corrected chi connectivity index (χ0v) is 16.4. The Balaban J connectivity index is 2.02. The van der Waals surface area contributed by atoms with E-state index < -0.39 is 0 Å². The van der Waals surface area contributed by atoms with Gasteiger partial charge in [0.2, 0.25) is 0 Å². The number of halogens is 2. The molecule has 0 aliphatic carbocycles. The fraction of sp³-hybridized carbons (Fsp3) is 0.400. The topological polar surface area (TPSA) is 30.5 Å². The monoisotopic (exact) mass is 409 g/mol. The lowest BCUT2D eigenvalue weighted by Gasteiger charge is -2.15. The highest BCUT2D eigenvalue weighted by atomic mass is 79.9. The molecular weight excluding hydrogens is 385 g/mol. The van der Waals surface area contributed by atoms with Gasteiger partial charge in [0.05, 0.1) is 11.6 Å². The minimum atomic E-state index is -0.273. The molecule has 0 bridgehead atoms. The van der Waals surface area contributed by atoms with Gasteiger partial charge in [-0.3, -0.25) is 0 Å². The van der Waals surface area contributed by atoms with E-state index in [2.05, 4.69) is 28.2 Å². The fourth-order valence-corrected chi connectivity index (χ4v) is 3.12. The van der Waals surface area contributed by atoms with Crippen molar-refractivity contribution in [2.24, 2.45) is 0 Å². The van der Waals surface area contributed by atoms with Crippen molar-refractivity contribution in [1.82, 2.24) is 5.32 Å². The van der Waals surface area contributed by atoms with Crippen molar-refractivity contribution >= 4 is 15.9 Å². The second-order valence-corrected chi connectivity index (χ2v) is 6.73. The Bertz CT molecular complexity index is 679. The maximum atomic E-state index is 13.7. The third-order valence-electron chi connectivity index (χ3n) is 3.91. The molecule has 5 heteroatoms. The summed E-state index contributed by atoms with van der Waals surface area (Å²) in [5.74, 6) is 0.946. The first-order valence-corrected chi connectivity index (χ1v) is 9.38. The highest BCUT2D eigenvalue weighted by molar-refractivity contribution is 9.10. The first-order valence-electron chi connectivity index (χ1n) is 8.59. The molecule has 0 spiro atoms. The average molecular weight is 410 g/mol. The van der Waals surface area contributed by atoms with Gasteiger partial charge in [0.1, 0.15) is 12.4 Å². The van der Waals surface area contributed by atoms with E-state index in [4.69, 9.17) is 9.47 Å². The Morgan fingerprint density at radius 1 is 1.16 bits per heavy atom. The summed E-state index contributed by atoms with van der Waals surface area (Å²) < 4.78 is 25.8. The largest absolute Gasteiger partial charge is 0.493 e. The smallest absolute Gasteiger partial charge is 0.175 e. The minimum Gasteiger partial charge on any atom is -0.493 e. The van der Waals surface area contributed by atoms with Crippen LogP contribution in [0.4, 0.5) is 4.39 Å². The number of hydrogen-bond donors (Lipinski definition) is 1. The third-order valence-corrected chi connectivity index (χ3v) is 4.49. The summed E-state index contributed by atoms with van der Waals surface area (Å²) >= 11 is 3.54. The summed E-state index contributed by atoms with van der Waals surface area (Å²) in [5, 5.41) is 3.43. The van der Waals surface area contributed by atoms with Gasteiger partial charge < -0.3 is 14.8 Å². The standard InChI is InChI=1S/C20H25BrFNO2/c1-3-4-7-10-23-13-15-11-17(21)20(19(12-15)24-2)25-14-16-8-5-6-9-18(16)22/h5-6,8-9,11-12,23H,3-4,7,10,13-14H2,1-2H3. The molecule has 0 saturated carbocycles. The molecule has 0 saturated heterocycles. The van der Waals surface area contributed by atoms with E-state index >= 15 is 0 Å². The van der Waals surface area contributed by atoms with Crippen LogP contribution in [0.5, 0.6) is 11.5 Å². The van der Waals surface area contributed by atoms with E-state index in [1.165, 1.54) is 25.3 Å². The van der Waals surface area contributed by atoms with Gasteiger partial charge in [-0.05, 0) is 52.7 Å². The molecule has 0 heterocycles. The normalized spacial score (nSPS) is 10.7. The number of nitrogens with one attached hydrogen (secondary N) is 1. The summed E-state index contributed by atoms with van der Waals surface area (Å²) in [6, 6.07) is 10.6. The Morgan fingerprint density at radius 3 is 2.68 bits per heavy atom. The predicted molar refractivity (Wildman–Crippen MR) is 103 cm³/mol. The molecule has 0 amide bonds. The highest BCUT2D eigenvalue weighted by Gasteiger charge is 2.13. The van der Waals surface area contributed by atoms with Gasteiger partial charge in [-0.1, -0.05) is 38.0 Å². The summed E-state index contributed by atoms with van der Waals surface area (Å²) in [5.41, 5.74) is 1.62. The molecule has 0 aliphatic rings. The molecule has 2 aromatic rings. The lowest BCUT2D eigenvalue weighted by atomic mass is 10.2. The molecule has 0 aliphatic heterocycles. The van der Waals surface area contributed by atoms with Gasteiger partial charge in [-0.2, -0.15) is 0 Å². The second kappa shape index (κ2) is 10.4. The Morgan fingerprint density at radius 2 is 1.96 bits per heavy atom. The molecule has 0 unspecified atom stereocenters. The van der Waals surface area contributed by atoms with Crippen molar-refractivity contribution in [3.63, 3.8) is 0 Å². The molecular formula is C20H25BrFNO2. The van der Waals surface area contributed by atoms with E-state index in [0.717, 1.165) is 23.1 Å². The zero-order chi connectivity index (χ0) is 18.1. The Kier molecular flexibility index (Phi) is 8.22. The maximum absolute atomic E-state index is 13.7. The van der Waals surface area contributed by atoms with Crippen molar-refractivity contribution < 1.29 is 13.9 Å². The van der Waals surface area contributed by atoms with Gasteiger partial charge in [-0.15, -0.1) is 0 Å². The number of rotatable bonds is 10. The molecule has 0 fully saturated rings. The molecule has 0 atom stereocenters. The van der Waals surface area contributed by atoms with Crippen molar-refractivity contribution in [1.29, 1.82) is 0 Å².